The molecule has 3 aromatic carbocycles. The molecule has 0 bridgehead atoms. The number of hydrogen-bond donors (Lipinski definition) is 0. The first-order valence-electron chi connectivity index (χ1n) is 8.00. The Labute approximate surface area is 163 Å². The van der Waals surface area contributed by atoms with Crippen LogP contribution in [0.15, 0.2) is 81.0 Å². The van der Waals surface area contributed by atoms with E-state index in [-0.39, 0.29) is 5.97 Å². The fraction of sp³-hybridized carbons (Fsp3) is 0.0476. The number of carbonyl (C=O) groups is 1. The van der Waals surface area contributed by atoms with E-state index in [9.17, 15) is 4.79 Å². The fourth-order valence-corrected chi connectivity index (χ4v) is 4.74. The lowest BCUT2D eigenvalue weighted by molar-refractivity contribution is 0.0600. The molecule has 0 atom stereocenters. The summed E-state index contributed by atoms with van der Waals surface area (Å²) in [5.41, 5.74) is 2.42. The van der Waals surface area contributed by atoms with Crippen molar-refractivity contribution in [1.29, 1.82) is 0 Å². The molecule has 0 saturated heterocycles. The summed E-state index contributed by atoms with van der Waals surface area (Å²) in [6, 6.07) is 21.6. The maximum Gasteiger partial charge on any atom is 0.337 e. The second-order valence-corrected chi connectivity index (χ2v) is 7.65. The molecular weight excluding hydrogens is 410 g/mol. The Kier molecular flexibility index (Phi) is 4.66. The predicted octanol–water partition coefficient (Wildman–Crippen LogP) is 6.09. The van der Waals surface area contributed by atoms with Crippen LogP contribution in [0.3, 0.4) is 0 Å². The Balaban J connectivity index is 1.93. The van der Waals surface area contributed by atoms with Crippen LogP contribution in [0, 0.1) is 0 Å². The van der Waals surface area contributed by atoms with Crippen molar-refractivity contribution >= 4 is 55.5 Å². The molecule has 4 rings (SSSR count). The molecule has 0 aliphatic carbocycles. The molecule has 26 heavy (non-hydrogen) atoms. The number of esters is 1. The van der Waals surface area contributed by atoms with E-state index in [1.54, 1.807) is 17.8 Å². The van der Waals surface area contributed by atoms with Crippen LogP contribution in [0.25, 0.3) is 21.8 Å². The van der Waals surface area contributed by atoms with Gasteiger partial charge in [-0.05, 0) is 36.4 Å². The van der Waals surface area contributed by atoms with E-state index in [1.165, 1.54) is 7.11 Å². The summed E-state index contributed by atoms with van der Waals surface area (Å²) in [5.74, 6) is -0.335. The highest BCUT2D eigenvalue weighted by molar-refractivity contribution is 9.10. The first-order chi connectivity index (χ1) is 12.7. The third kappa shape index (κ3) is 3.08. The molecule has 0 N–H and O–H groups in total. The maximum absolute atomic E-state index is 11.8. The summed E-state index contributed by atoms with van der Waals surface area (Å²) in [5, 5.41) is 2.15. The third-order valence-corrected chi connectivity index (χ3v) is 5.86. The standard InChI is InChI=1S/C21H14BrNO2S/c1-25-21(24)13-6-4-7-14(12-13)26-20-15-8-2-3-10-17(15)23-18-11-5-9-16(22)19(18)20/h2-12H,1H3. The van der Waals surface area contributed by atoms with Gasteiger partial charge in [-0.25, -0.2) is 9.78 Å². The third-order valence-electron chi connectivity index (χ3n) is 4.08. The molecule has 0 saturated carbocycles. The van der Waals surface area contributed by atoms with E-state index in [0.717, 1.165) is 36.1 Å². The van der Waals surface area contributed by atoms with Gasteiger partial charge in [0.05, 0.1) is 23.7 Å². The Morgan fingerprint density at radius 3 is 2.62 bits per heavy atom. The van der Waals surface area contributed by atoms with Gasteiger partial charge in [0.2, 0.25) is 0 Å². The second-order valence-electron chi connectivity index (χ2n) is 5.71. The van der Waals surface area contributed by atoms with Gasteiger partial charge in [-0.2, -0.15) is 0 Å². The topological polar surface area (TPSA) is 39.2 Å². The highest BCUT2D eigenvalue weighted by Crippen LogP contribution is 2.41. The molecule has 1 aromatic heterocycles. The quantitative estimate of drug-likeness (QED) is 0.295. The molecule has 0 aliphatic heterocycles. The van der Waals surface area contributed by atoms with Crippen LogP contribution in [-0.2, 0) is 4.74 Å². The molecule has 5 heteroatoms. The zero-order chi connectivity index (χ0) is 18.1. The van der Waals surface area contributed by atoms with Gasteiger partial charge in [-0.3, -0.25) is 0 Å². The van der Waals surface area contributed by atoms with Crippen LogP contribution < -0.4 is 0 Å². The minimum Gasteiger partial charge on any atom is -0.465 e. The average molecular weight is 424 g/mol. The maximum atomic E-state index is 11.8. The number of aromatic nitrogens is 1. The molecule has 0 amide bonds. The number of rotatable bonds is 3. The number of fused-ring (bicyclic) bond motifs is 2. The molecule has 0 fully saturated rings. The lowest BCUT2D eigenvalue weighted by Gasteiger charge is -2.12. The van der Waals surface area contributed by atoms with Gasteiger partial charge in [0, 0.05) is 25.0 Å². The van der Waals surface area contributed by atoms with Crippen molar-refractivity contribution in [3.63, 3.8) is 0 Å². The van der Waals surface area contributed by atoms with Crippen LogP contribution in [0.2, 0.25) is 0 Å². The first-order valence-corrected chi connectivity index (χ1v) is 9.61. The molecule has 0 aliphatic rings. The number of hydrogen-bond acceptors (Lipinski definition) is 4. The molecule has 4 aromatic rings. The van der Waals surface area contributed by atoms with E-state index in [1.807, 2.05) is 54.6 Å². The Morgan fingerprint density at radius 1 is 1.00 bits per heavy atom. The highest BCUT2D eigenvalue weighted by Gasteiger charge is 2.14. The first kappa shape index (κ1) is 17.1. The zero-order valence-corrected chi connectivity index (χ0v) is 16.3. The number of benzene rings is 3. The summed E-state index contributed by atoms with van der Waals surface area (Å²) >= 11 is 5.29. The van der Waals surface area contributed by atoms with Crippen LogP contribution in [-0.4, -0.2) is 18.1 Å². The lowest BCUT2D eigenvalue weighted by atomic mass is 10.1. The fourth-order valence-electron chi connectivity index (χ4n) is 2.89. The predicted molar refractivity (Wildman–Crippen MR) is 109 cm³/mol. The average Bonchev–Trinajstić information content (AvgIpc) is 2.67. The Morgan fingerprint density at radius 2 is 1.77 bits per heavy atom. The Bertz CT molecular complexity index is 1140. The number of pyridine rings is 1. The van der Waals surface area contributed by atoms with Gasteiger partial charge in [0.25, 0.3) is 0 Å². The molecule has 0 spiro atoms. The van der Waals surface area contributed by atoms with Crippen molar-refractivity contribution in [3.05, 3.63) is 76.8 Å². The number of halogens is 1. The van der Waals surface area contributed by atoms with E-state index in [0.29, 0.717) is 5.56 Å². The van der Waals surface area contributed by atoms with E-state index < -0.39 is 0 Å². The van der Waals surface area contributed by atoms with Crippen molar-refractivity contribution in [1.82, 2.24) is 4.98 Å². The van der Waals surface area contributed by atoms with Crippen molar-refractivity contribution in [2.75, 3.05) is 7.11 Å². The van der Waals surface area contributed by atoms with Crippen LogP contribution in [0.1, 0.15) is 10.4 Å². The number of nitrogens with zero attached hydrogens (tertiary/aromatic N) is 1. The van der Waals surface area contributed by atoms with Crippen molar-refractivity contribution < 1.29 is 9.53 Å². The molecule has 0 radical (unpaired) electrons. The van der Waals surface area contributed by atoms with Gasteiger partial charge in [0.15, 0.2) is 0 Å². The summed E-state index contributed by atoms with van der Waals surface area (Å²) in [7, 11) is 1.39. The van der Waals surface area contributed by atoms with Crippen LogP contribution >= 0.6 is 27.7 Å². The minimum absolute atomic E-state index is 0.335. The Hall–Kier alpha value is -2.37. The molecule has 0 unspecified atom stereocenters. The molecule has 1 heterocycles. The molecular formula is C21H14BrNO2S. The monoisotopic (exact) mass is 423 g/mol. The van der Waals surface area contributed by atoms with Crippen molar-refractivity contribution in [2.24, 2.45) is 0 Å². The van der Waals surface area contributed by atoms with Crippen LogP contribution in [0.5, 0.6) is 0 Å². The van der Waals surface area contributed by atoms with E-state index in [2.05, 4.69) is 22.0 Å². The molecule has 3 nitrogen and oxygen atoms in total. The number of carbonyl (C=O) groups excluding carboxylic acids is 1. The zero-order valence-electron chi connectivity index (χ0n) is 13.9. The second kappa shape index (κ2) is 7.09. The normalized spacial score (nSPS) is 11.0. The molecule has 128 valence electrons. The van der Waals surface area contributed by atoms with Crippen molar-refractivity contribution in [3.8, 4) is 0 Å². The number of methoxy groups -OCH3 is 1. The SMILES string of the molecule is COC(=O)c1cccc(Sc2c3ccccc3nc3cccc(Br)c23)c1. The highest BCUT2D eigenvalue weighted by atomic mass is 79.9. The van der Waals surface area contributed by atoms with Gasteiger partial charge in [0.1, 0.15) is 0 Å². The van der Waals surface area contributed by atoms with Crippen LogP contribution in [0.4, 0.5) is 0 Å². The largest absolute Gasteiger partial charge is 0.465 e. The summed E-state index contributed by atoms with van der Waals surface area (Å²) < 4.78 is 5.84. The minimum atomic E-state index is -0.335. The lowest BCUT2D eigenvalue weighted by Crippen LogP contribution is -2.00. The van der Waals surface area contributed by atoms with Gasteiger partial charge >= 0.3 is 5.97 Å². The summed E-state index contributed by atoms with van der Waals surface area (Å²) in [6.07, 6.45) is 0. The van der Waals surface area contributed by atoms with Gasteiger partial charge in [-0.1, -0.05) is 58.0 Å². The smallest absolute Gasteiger partial charge is 0.337 e. The summed E-state index contributed by atoms with van der Waals surface area (Å²) in [4.78, 5) is 18.7. The van der Waals surface area contributed by atoms with E-state index in [4.69, 9.17) is 9.72 Å². The van der Waals surface area contributed by atoms with E-state index >= 15 is 0 Å². The number of ether oxygens (including phenoxy) is 1. The van der Waals surface area contributed by atoms with Gasteiger partial charge < -0.3 is 4.74 Å². The number of para-hydroxylation sites is 1. The summed E-state index contributed by atoms with van der Waals surface area (Å²) in [6.45, 7) is 0. The van der Waals surface area contributed by atoms with Gasteiger partial charge in [-0.15, -0.1) is 0 Å². The van der Waals surface area contributed by atoms with Crippen molar-refractivity contribution in [2.45, 2.75) is 9.79 Å².